The molecule has 0 saturated heterocycles. The standard InChI is InChI=1S/C19H22IN3O5/c1-10(2)27-18(25)12-6-13(19(26)28-11(3)4)8-14(7-12)21-17(24)16-15(20)9-23(5)22-16/h6-11H,1-5H3,(H,21,24). The van der Waals surface area contributed by atoms with Crippen molar-refractivity contribution in [3.63, 3.8) is 0 Å². The van der Waals surface area contributed by atoms with E-state index in [0.717, 1.165) is 0 Å². The van der Waals surface area contributed by atoms with Crippen molar-refractivity contribution in [3.8, 4) is 0 Å². The van der Waals surface area contributed by atoms with Crippen molar-refractivity contribution in [3.05, 3.63) is 44.8 Å². The van der Waals surface area contributed by atoms with Gasteiger partial charge in [0.25, 0.3) is 5.91 Å². The average molecular weight is 499 g/mol. The van der Waals surface area contributed by atoms with Gasteiger partial charge in [0.05, 0.1) is 26.9 Å². The lowest BCUT2D eigenvalue weighted by atomic mass is 10.1. The number of hydrogen-bond acceptors (Lipinski definition) is 6. The fourth-order valence-corrected chi connectivity index (χ4v) is 3.06. The minimum Gasteiger partial charge on any atom is -0.459 e. The molecule has 0 saturated carbocycles. The third-order valence-electron chi connectivity index (χ3n) is 3.35. The van der Waals surface area contributed by atoms with E-state index < -0.39 is 17.8 Å². The molecular weight excluding hydrogens is 477 g/mol. The molecule has 1 aromatic heterocycles. The van der Waals surface area contributed by atoms with Crippen LogP contribution in [-0.2, 0) is 16.5 Å². The second-order valence-corrected chi connectivity index (χ2v) is 7.82. The zero-order valence-electron chi connectivity index (χ0n) is 16.3. The van der Waals surface area contributed by atoms with E-state index in [0.29, 0.717) is 3.57 Å². The van der Waals surface area contributed by atoms with Crippen molar-refractivity contribution in [1.29, 1.82) is 0 Å². The molecule has 1 aromatic carbocycles. The molecule has 0 fully saturated rings. The number of nitrogens with one attached hydrogen (secondary N) is 1. The van der Waals surface area contributed by atoms with Crippen molar-refractivity contribution < 1.29 is 23.9 Å². The summed E-state index contributed by atoms with van der Waals surface area (Å²) in [6.07, 6.45) is 1.05. The molecule has 1 amide bonds. The fraction of sp³-hybridized carbons (Fsp3) is 0.368. The summed E-state index contributed by atoms with van der Waals surface area (Å²) in [5.74, 6) is -1.66. The topological polar surface area (TPSA) is 99.5 Å². The predicted molar refractivity (Wildman–Crippen MR) is 111 cm³/mol. The zero-order valence-corrected chi connectivity index (χ0v) is 18.4. The van der Waals surface area contributed by atoms with Crippen molar-refractivity contribution in [2.75, 3.05) is 5.32 Å². The summed E-state index contributed by atoms with van der Waals surface area (Å²) in [7, 11) is 1.71. The molecular formula is C19H22IN3O5. The van der Waals surface area contributed by atoms with Crippen molar-refractivity contribution >= 4 is 46.1 Å². The Morgan fingerprint density at radius 3 is 1.89 bits per heavy atom. The van der Waals surface area contributed by atoms with E-state index in [-0.39, 0.29) is 34.7 Å². The van der Waals surface area contributed by atoms with E-state index in [9.17, 15) is 14.4 Å². The molecule has 1 heterocycles. The van der Waals surface area contributed by atoms with Crippen LogP contribution in [0, 0.1) is 3.57 Å². The highest BCUT2D eigenvalue weighted by Crippen LogP contribution is 2.20. The van der Waals surface area contributed by atoms with E-state index >= 15 is 0 Å². The maximum Gasteiger partial charge on any atom is 0.338 e. The average Bonchev–Trinajstić information content (AvgIpc) is 2.91. The smallest absolute Gasteiger partial charge is 0.338 e. The van der Waals surface area contributed by atoms with Crippen LogP contribution in [0.1, 0.15) is 58.9 Å². The van der Waals surface area contributed by atoms with Crippen molar-refractivity contribution in [1.82, 2.24) is 9.78 Å². The summed E-state index contributed by atoms with van der Waals surface area (Å²) in [6.45, 7) is 6.89. The Balaban J connectivity index is 2.38. The maximum absolute atomic E-state index is 12.5. The first-order valence-electron chi connectivity index (χ1n) is 8.64. The molecule has 0 aliphatic rings. The number of aromatic nitrogens is 2. The molecule has 28 heavy (non-hydrogen) atoms. The van der Waals surface area contributed by atoms with Gasteiger partial charge in [-0.1, -0.05) is 0 Å². The largest absolute Gasteiger partial charge is 0.459 e. The molecule has 1 N–H and O–H groups in total. The molecule has 150 valence electrons. The van der Waals surface area contributed by atoms with Gasteiger partial charge in [0.1, 0.15) is 0 Å². The zero-order chi connectivity index (χ0) is 21.0. The molecule has 0 aliphatic heterocycles. The number of benzene rings is 1. The number of esters is 2. The van der Waals surface area contributed by atoms with Crippen LogP contribution >= 0.6 is 22.6 Å². The normalized spacial score (nSPS) is 10.9. The van der Waals surface area contributed by atoms with Crippen molar-refractivity contribution in [2.24, 2.45) is 7.05 Å². The Hall–Kier alpha value is -2.43. The van der Waals surface area contributed by atoms with Crippen molar-refractivity contribution in [2.45, 2.75) is 39.9 Å². The van der Waals surface area contributed by atoms with Crippen LogP contribution in [-0.4, -0.2) is 39.8 Å². The molecule has 2 aromatic rings. The van der Waals surface area contributed by atoms with Crippen LogP contribution in [0.2, 0.25) is 0 Å². The minimum atomic E-state index is -0.600. The first-order valence-corrected chi connectivity index (χ1v) is 9.72. The number of amides is 1. The number of ether oxygens (including phenoxy) is 2. The molecule has 0 atom stereocenters. The van der Waals surface area contributed by atoms with Gasteiger partial charge in [0, 0.05) is 18.9 Å². The SMILES string of the molecule is CC(C)OC(=O)c1cc(NC(=O)c2nn(C)cc2I)cc(C(=O)OC(C)C)c1. The van der Waals surface area contributed by atoms with E-state index in [2.05, 4.69) is 10.4 Å². The van der Waals surface area contributed by atoms with Gasteiger partial charge in [-0.25, -0.2) is 9.59 Å². The maximum atomic E-state index is 12.5. The summed E-state index contributed by atoms with van der Waals surface area (Å²) in [4.78, 5) is 37.2. The number of nitrogens with zero attached hydrogens (tertiary/aromatic N) is 2. The lowest BCUT2D eigenvalue weighted by Crippen LogP contribution is -2.18. The Morgan fingerprint density at radius 2 is 1.50 bits per heavy atom. The summed E-state index contributed by atoms with van der Waals surface area (Å²) in [5, 5.41) is 6.79. The number of aryl methyl sites for hydroxylation is 1. The van der Waals surface area contributed by atoms with E-state index in [4.69, 9.17) is 9.47 Å². The van der Waals surface area contributed by atoms with Gasteiger partial charge in [0.15, 0.2) is 5.69 Å². The second-order valence-electron chi connectivity index (χ2n) is 6.66. The van der Waals surface area contributed by atoms with Crippen LogP contribution < -0.4 is 5.32 Å². The molecule has 0 spiro atoms. The molecule has 0 radical (unpaired) electrons. The highest BCUT2D eigenvalue weighted by atomic mass is 127. The highest BCUT2D eigenvalue weighted by molar-refractivity contribution is 14.1. The van der Waals surface area contributed by atoms with Crippen LogP contribution in [0.4, 0.5) is 5.69 Å². The summed E-state index contributed by atoms with van der Waals surface area (Å²) in [5.41, 5.74) is 0.779. The third kappa shape index (κ3) is 5.78. The Morgan fingerprint density at radius 1 is 1.00 bits per heavy atom. The number of carbonyl (C=O) groups excluding carboxylic acids is 3. The number of hydrogen-bond donors (Lipinski definition) is 1. The monoisotopic (exact) mass is 499 g/mol. The fourth-order valence-electron chi connectivity index (χ4n) is 2.30. The summed E-state index contributed by atoms with van der Waals surface area (Å²) < 4.78 is 12.6. The quantitative estimate of drug-likeness (QED) is 0.483. The first kappa shape index (κ1) is 21.9. The molecule has 0 bridgehead atoms. The van der Waals surface area contributed by atoms with E-state index in [1.165, 1.54) is 22.9 Å². The van der Waals surface area contributed by atoms with Gasteiger partial charge in [-0.3, -0.25) is 9.48 Å². The van der Waals surface area contributed by atoms with Crippen LogP contribution in [0.25, 0.3) is 0 Å². The lowest BCUT2D eigenvalue weighted by Gasteiger charge is -2.13. The van der Waals surface area contributed by atoms with Gasteiger partial charge in [-0.05, 0) is 68.5 Å². The Labute approximate surface area is 176 Å². The molecule has 2 rings (SSSR count). The van der Waals surface area contributed by atoms with Gasteiger partial charge < -0.3 is 14.8 Å². The lowest BCUT2D eigenvalue weighted by molar-refractivity contribution is 0.0377. The summed E-state index contributed by atoms with van der Waals surface area (Å²) in [6, 6.07) is 4.28. The predicted octanol–water partition coefficient (Wildman–Crippen LogP) is 3.41. The van der Waals surface area contributed by atoms with Gasteiger partial charge in [-0.2, -0.15) is 5.10 Å². The van der Waals surface area contributed by atoms with Gasteiger partial charge >= 0.3 is 11.9 Å². The molecule has 9 heteroatoms. The second kappa shape index (κ2) is 9.18. The number of rotatable bonds is 6. The van der Waals surface area contributed by atoms with Crippen LogP contribution in [0.5, 0.6) is 0 Å². The van der Waals surface area contributed by atoms with Crippen LogP contribution in [0.15, 0.2) is 24.4 Å². The Kier molecular flexibility index (Phi) is 7.17. The first-order chi connectivity index (χ1) is 13.1. The van der Waals surface area contributed by atoms with E-state index in [1.54, 1.807) is 40.9 Å². The number of anilines is 1. The minimum absolute atomic E-state index is 0.137. The Bertz CT molecular complexity index is 865. The molecule has 0 aliphatic carbocycles. The summed E-state index contributed by atoms with van der Waals surface area (Å²) >= 11 is 2.01. The highest BCUT2D eigenvalue weighted by Gasteiger charge is 2.19. The van der Waals surface area contributed by atoms with Gasteiger partial charge in [0.2, 0.25) is 0 Å². The number of carbonyl (C=O) groups is 3. The third-order valence-corrected chi connectivity index (χ3v) is 4.14. The molecule has 0 unspecified atom stereocenters. The molecule has 8 nitrogen and oxygen atoms in total. The van der Waals surface area contributed by atoms with Gasteiger partial charge in [-0.15, -0.1) is 0 Å². The van der Waals surface area contributed by atoms with Crippen LogP contribution in [0.3, 0.4) is 0 Å². The van der Waals surface area contributed by atoms with E-state index in [1.807, 2.05) is 22.6 Å². The number of halogens is 1.